The molecule has 1 saturated heterocycles. The molecule has 25 heavy (non-hydrogen) atoms. The molecule has 1 aliphatic rings. The molecule has 1 aliphatic heterocycles. The zero-order valence-electron chi connectivity index (χ0n) is 15.5. The monoisotopic (exact) mass is 349 g/mol. The lowest BCUT2D eigenvalue weighted by molar-refractivity contribution is -0.128. The van der Waals surface area contributed by atoms with Crippen molar-refractivity contribution in [3.05, 3.63) is 18.2 Å². The van der Waals surface area contributed by atoms with Gasteiger partial charge in [0.1, 0.15) is 11.5 Å². The van der Waals surface area contributed by atoms with E-state index in [9.17, 15) is 9.59 Å². The van der Waals surface area contributed by atoms with E-state index >= 15 is 0 Å². The zero-order valence-corrected chi connectivity index (χ0v) is 15.5. The first-order chi connectivity index (χ1) is 11.7. The second kappa shape index (κ2) is 7.63. The minimum Gasteiger partial charge on any atom is -0.497 e. The Hall–Kier alpha value is -2.44. The van der Waals surface area contributed by atoms with Gasteiger partial charge in [-0.3, -0.25) is 4.79 Å². The number of ether oxygens (including phenoxy) is 2. The second-order valence-corrected chi connectivity index (χ2v) is 7.40. The number of carbonyl (C=O) groups is 2. The van der Waals surface area contributed by atoms with Crippen molar-refractivity contribution in [2.45, 2.75) is 33.2 Å². The second-order valence-electron chi connectivity index (χ2n) is 7.40. The number of urea groups is 1. The smallest absolute Gasteiger partial charge is 0.319 e. The van der Waals surface area contributed by atoms with Gasteiger partial charge in [-0.2, -0.15) is 0 Å². The van der Waals surface area contributed by atoms with Gasteiger partial charge in [-0.15, -0.1) is 0 Å². The van der Waals surface area contributed by atoms with Gasteiger partial charge in [0.25, 0.3) is 0 Å². The molecule has 138 valence electrons. The van der Waals surface area contributed by atoms with Crippen LogP contribution in [0.5, 0.6) is 11.5 Å². The maximum Gasteiger partial charge on any atom is 0.319 e. The van der Waals surface area contributed by atoms with Crippen molar-refractivity contribution in [3.63, 3.8) is 0 Å². The van der Waals surface area contributed by atoms with Crippen LogP contribution in [0.1, 0.15) is 27.2 Å². The molecule has 0 aromatic heterocycles. The molecule has 7 nitrogen and oxygen atoms in total. The van der Waals surface area contributed by atoms with Crippen molar-refractivity contribution >= 4 is 17.6 Å². The Morgan fingerprint density at radius 2 is 2.00 bits per heavy atom. The number of benzene rings is 1. The van der Waals surface area contributed by atoms with E-state index in [1.54, 1.807) is 30.2 Å². The fourth-order valence-electron chi connectivity index (χ4n) is 2.84. The summed E-state index contributed by atoms with van der Waals surface area (Å²) >= 11 is 0. The van der Waals surface area contributed by atoms with Gasteiger partial charge < -0.3 is 25.0 Å². The SMILES string of the molecule is COc1ccc(NC(=O)N[C@H]2CC(=O)N(CC(C)(C)C)C2)c(OC)c1. The van der Waals surface area contributed by atoms with E-state index in [4.69, 9.17) is 9.47 Å². The molecule has 0 saturated carbocycles. The fourth-order valence-corrected chi connectivity index (χ4v) is 2.84. The first kappa shape index (κ1) is 18.9. The van der Waals surface area contributed by atoms with E-state index in [0.717, 1.165) is 0 Å². The molecule has 1 atom stereocenters. The third kappa shape index (κ3) is 5.27. The number of anilines is 1. The Kier molecular flexibility index (Phi) is 5.77. The van der Waals surface area contributed by atoms with E-state index in [-0.39, 0.29) is 23.4 Å². The number of amides is 3. The Labute approximate surface area is 148 Å². The summed E-state index contributed by atoms with van der Waals surface area (Å²) in [5.41, 5.74) is 0.570. The summed E-state index contributed by atoms with van der Waals surface area (Å²) in [6.07, 6.45) is 0.323. The average molecular weight is 349 g/mol. The molecule has 7 heteroatoms. The summed E-state index contributed by atoms with van der Waals surface area (Å²) in [4.78, 5) is 26.1. The Morgan fingerprint density at radius 3 is 2.60 bits per heavy atom. The largest absolute Gasteiger partial charge is 0.497 e. The lowest BCUT2D eigenvalue weighted by Gasteiger charge is -2.26. The number of hydrogen-bond donors (Lipinski definition) is 2. The summed E-state index contributed by atoms with van der Waals surface area (Å²) in [6, 6.07) is 4.59. The van der Waals surface area contributed by atoms with Gasteiger partial charge in [0.15, 0.2) is 0 Å². The van der Waals surface area contributed by atoms with Crippen LogP contribution >= 0.6 is 0 Å². The molecule has 0 bridgehead atoms. The maximum absolute atomic E-state index is 12.3. The van der Waals surface area contributed by atoms with E-state index in [2.05, 4.69) is 31.4 Å². The first-order valence-electron chi connectivity index (χ1n) is 8.29. The maximum atomic E-state index is 12.3. The Morgan fingerprint density at radius 1 is 1.28 bits per heavy atom. The van der Waals surface area contributed by atoms with Crippen LogP contribution in [-0.2, 0) is 4.79 Å². The molecule has 1 aromatic rings. The number of nitrogens with zero attached hydrogens (tertiary/aromatic N) is 1. The molecule has 2 rings (SSSR count). The molecule has 3 amide bonds. The van der Waals surface area contributed by atoms with Gasteiger partial charge in [0.2, 0.25) is 5.91 Å². The molecule has 1 heterocycles. The highest BCUT2D eigenvalue weighted by atomic mass is 16.5. The minimum atomic E-state index is -0.362. The van der Waals surface area contributed by atoms with E-state index in [0.29, 0.717) is 36.7 Å². The van der Waals surface area contributed by atoms with Crippen LogP contribution in [0.3, 0.4) is 0 Å². The van der Waals surface area contributed by atoms with Crippen molar-refractivity contribution in [2.75, 3.05) is 32.6 Å². The lowest BCUT2D eigenvalue weighted by atomic mass is 9.96. The van der Waals surface area contributed by atoms with Gasteiger partial charge in [0, 0.05) is 25.6 Å². The van der Waals surface area contributed by atoms with Crippen LogP contribution in [-0.4, -0.2) is 50.2 Å². The van der Waals surface area contributed by atoms with E-state index in [1.807, 2.05) is 0 Å². The quantitative estimate of drug-likeness (QED) is 0.856. The molecular weight excluding hydrogens is 322 g/mol. The van der Waals surface area contributed by atoms with Crippen molar-refractivity contribution in [1.82, 2.24) is 10.2 Å². The zero-order chi connectivity index (χ0) is 18.6. The standard InChI is InChI=1S/C18H27N3O4/c1-18(2,3)11-21-10-12(8-16(21)22)19-17(23)20-14-7-6-13(24-4)9-15(14)25-5/h6-7,9,12H,8,10-11H2,1-5H3,(H2,19,20,23)/t12-/m0/s1. The topological polar surface area (TPSA) is 79.9 Å². The minimum absolute atomic E-state index is 0.0310. The Balaban J connectivity index is 1.94. The van der Waals surface area contributed by atoms with Crippen LogP contribution in [0.25, 0.3) is 0 Å². The number of rotatable bonds is 5. The van der Waals surface area contributed by atoms with E-state index < -0.39 is 0 Å². The summed E-state index contributed by atoms with van der Waals surface area (Å²) in [5.74, 6) is 1.22. The molecule has 2 N–H and O–H groups in total. The van der Waals surface area contributed by atoms with Gasteiger partial charge in [0.05, 0.1) is 25.9 Å². The number of hydrogen-bond acceptors (Lipinski definition) is 4. The Bertz CT molecular complexity index is 640. The molecule has 0 aliphatic carbocycles. The average Bonchev–Trinajstić information content (AvgIpc) is 2.84. The number of methoxy groups -OCH3 is 2. The molecular formula is C18H27N3O4. The van der Waals surface area contributed by atoms with Gasteiger partial charge in [-0.25, -0.2) is 4.79 Å². The lowest BCUT2D eigenvalue weighted by Crippen LogP contribution is -2.41. The highest BCUT2D eigenvalue weighted by molar-refractivity contribution is 5.92. The summed E-state index contributed by atoms with van der Waals surface area (Å²) < 4.78 is 10.4. The predicted octanol–water partition coefficient (Wildman–Crippen LogP) is 2.47. The normalized spacial score (nSPS) is 17.4. The van der Waals surface area contributed by atoms with E-state index in [1.165, 1.54) is 7.11 Å². The summed E-state index contributed by atoms with van der Waals surface area (Å²) in [6.45, 7) is 7.47. The van der Waals surface area contributed by atoms with Crippen molar-refractivity contribution in [2.24, 2.45) is 5.41 Å². The van der Waals surface area contributed by atoms with Gasteiger partial charge >= 0.3 is 6.03 Å². The predicted molar refractivity (Wildman–Crippen MR) is 96.1 cm³/mol. The number of nitrogens with one attached hydrogen (secondary N) is 2. The van der Waals surface area contributed by atoms with Crippen LogP contribution < -0.4 is 20.1 Å². The van der Waals surface area contributed by atoms with Crippen molar-refractivity contribution in [1.29, 1.82) is 0 Å². The van der Waals surface area contributed by atoms with Crippen LogP contribution in [0, 0.1) is 5.41 Å². The third-order valence-electron chi connectivity index (χ3n) is 3.87. The van der Waals surface area contributed by atoms with Crippen molar-refractivity contribution in [3.8, 4) is 11.5 Å². The third-order valence-corrected chi connectivity index (χ3v) is 3.87. The molecule has 0 spiro atoms. The number of carbonyl (C=O) groups excluding carboxylic acids is 2. The van der Waals surface area contributed by atoms with Crippen molar-refractivity contribution < 1.29 is 19.1 Å². The van der Waals surface area contributed by atoms with Crippen LogP contribution in [0.4, 0.5) is 10.5 Å². The highest BCUT2D eigenvalue weighted by Gasteiger charge is 2.32. The molecule has 0 unspecified atom stereocenters. The molecule has 1 aromatic carbocycles. The van der Waals surface area contributed by atoms with Crippen LogP contribution in [0.15, 0.2) is 18.2 Å². The molecule has 1 fully saturated rings. The fraction of sp³-hybridized carbons (Fsp3) is 0.556. The highest BCUT2D eigenvalue weighted by Crippen LogP contribution is 2.29. The van der Waals surface area contributed by atoms with Gasteiger partial charge in [-0.1, -0.05) is 20.8 Å². The van der Waals surface area contributed by atoms with Gasteiger partial charge in [-0.05, 0) is 17.5 Å². The molecule has 0 radical (unpaired) electrons. The first-order valence-corrected chi connectivity index (χ1v) is 8.29. The summed E-state index contributed by atoms with van der Waals surface area (Å²) in [7, 11) is 3.09. The number of likely N-dealkylation sites (tertiary alicyclic amines) is 1. The van der Waals surface area contributed by atoms with Crippen LogP contribution in [0.2, 0.25) is 0 Å². The summed E-state index contributed by atoms with van der Waals surface area (Å²) in [5, 5.41) is 5.61.